The van der Waals surface area contributed by atoms with Crippen molar-refractivity contribution < 1.29 is 9.53 Å². The molecule has 0 atom stereocenters. The molecule has 9 heteroatoms. The van der Waals surface area contributed by atoms with Crippen LogP contribution in [-0.2, 0) is 6.54 Å². The molecule has 1 aliphatic rings. The van der Waals surface area contributed by atoms with Crippen molar-refractivity contribution in [1.29, 1.82) is 0 Å². The molecular formula is C22H21Cl3N4O2. The van der Waals surface area contributed by atoms with Crippen LogP contribution in [-0.4, -0.2) is 40.7 Å². The number of hydrogen-bond donors (Lipinski definition) is 1. The molecule has 1 N–H and O–H groups in total. The molecule has 0 unspecified atom stereocenters. The molecule has 31 heavy (non-hydrogen) atoms. The van der Waals surface area contributed by atoms with E-state index in [2.05, 4.69) is 10.4 Å². The highest BCUT2D eigenvalue weighted by molar-refractivity contribution is 6.35. The Morgan fingerprint density at radius 1 is 1.06 bits per heavy atom. The lowest BCUT2D eigenvalue weighted by Crippen LogP contribution is -2.29. The molecule has 3 aromatic rings. The topological polar surface area (TPSA) is 59.4 Å². The van der Waals surface area contributed by atoms with E-state index in [0.29, 0.717) is 50.2 Å². The summed E-state index contributed by atoms with van der Waals surface area (Å²) in [5.74, 6) is 0.851. The van der Waals surface area contributed by atoms with Gasteiger partial charge in [0.2, 0.25) is 5.88 Å². The summed E-state index contributed by atoms with van der Waals surface area (Å²) in [4.78, 5) is 15.1. The van der Waals surface area contributed by atoms with Crippen molar-refractivity contribution in [3.05, 3.63) is 68.8 Å². The maximum Gasteiger partial charge on any atom is 0.274 e. The molecule has 1 amide bonds. The highest BCUT2D eigenvalue weighted by Gasteiger charge is 2.30. The van der Waals surface area contributed by atoms with Gasteiger partial charge < -0.3 is 15.0 Å². The van der Waals surface area contributed by atoms with Gasteiger partial charge in [-0.1, -0.05) is 34.8 Å². The Kier molecular flexibility index (Phi) is 6.72. The summed E-state index contributed by atoms with van der Waals surface area (Å²) in [7, 11) is 1.81. The molecular weight excluding hydrogens is 459 g/mol. The lowest BCUT2D eigenvalue weighted by molar-refractivity contribution is 0.0785. The third-order valence-corrected chi connectivity index (χ3v) is 5.84. The minimum absolute atomic E-state index is 0.118. The van der Waals surface area contributed by atoms with Crippen molar-refractivity contribution in [3.8, 4) is 17.3 Å². The number of carbonyl (C=O) groups excluding carboxylic acids is 1. The fourth-order valence-electron chi connectivity index (χ4n) is 3.55. The Morgan fingerprint density at radius 2 is 1.74 bits per heavy atom. The zero-order chi connectivity index (χ0) is 22.0. The number of rotatable bonds is 6. The van der Waals surface area contributed by atoms with Crippen LogP contribution in [0.3, 0.4) is 0 Å². The number of ether oxygens (including phenoxy) is 1. The number of hydrogen-bond acceptors (Lipinski definition) is 4. The average Bonchev–Trinajstić information content (AvgIpc) is 3.39. The van der Waals surface area contributed by atoms with Crippen molar-refractivity contribution in [2.45, 2.75) is 19.4 Å². The predicted molar refractivity (Wildman–Crippen MR) is 123 cm³/mol. The molecule has 0 aliphatic carbocycles. The van der Waals surface area contributed by atoms with Crippen LogP contribution >= 0.6 is 34.8 Å². The highest BCUT2D eigenvalue weighted by atomic mass is 35.5. The number of carbonyl (C=O) groups is 1. The number of benzene rings is 2. The zero-order valence-electron chi connectivity index (χ0n) is 16.9. The number of nitrogens with one attached hydrogen (secondary N) is 1. The number of halogens is 3. The standard InChI is InChI=1S/C22H21Cl3N4O2/c1-26-13-17-20(21(30)28-10-2-3-11-28)27-29(19-9-6-15(24)12-18(19)25)22(17)31-16-7-4-14(23)5-8-16/h4-9,12,26H,2-3,10-11,13H2,1H3. The first-order chi connectivity index (χ1) is 15.0. The van der Waals surface area contributed by atoms with E-state index in [1.54, 1.807) is 47.1 Å². The average molecular weight is 480 g/mol. The molecule has 1 aromatic heterocycles. The number of nitrogens with zero attached hydrogens (tertiary/aromatic N) is 3. The minimum Gasteiger partial charge on any atom is -0.439 e. The third kappa shape index (κ3) is 4.67. The van der Waals surface area contributed by atoms with E-state index in [0.717, 1.165) is 25.9 Å². The van der Waals surface area contributed by atoms with E-state index in [-0.39, 0.29) is 5.91 Å². The Labute approximate surface area is 195 Å². The normalized spacial score (nSPS) is 13.6. The van der Waals surface area contributed by atoms with Gasteiger partial charge in [0.05, 0.1) is 16.3 Å². The summed E-state index contributed by atoms with van der Waals surface area (Å²) >= 11 is 18.6. The maximum atomic E-state index is 13.3. The second kappa shape index (κ2) is 9.49. The summed E-state index contributed by atoms with van der Waals surface area (Å²) in [5.41, 5.74) is 1.56. The molecule has 0 bridgehead atoms. The molecule has 2 aromatic carbocycles. The number of aromatic nitrogens is 2. The monoisotopic (exact) mass is 478 g/mol. The van der Waals surface area contributed by atoms with Gasteiger partial charge >= 0.3 is 0 Å². The molecule has 1 fully saturated rings. The fourth-order valence-corrected chi connectivity index (χ4v) is 4.16. The van der Waals surface area contributed by atoms with Gasteiger partial charge in [-0.05, 0) is 62.4 Å². The quantitative estimate of drug-likeness (QED) is 0.501. The van der Waals surface area contributed by atoms with Crippen LogP contribution in [0.25, 0.3) is 5.69 Å². The van der Waals surface area contributed by atoms with Crippen LogP contribution in [0.4, 0.5) is 0 Å². The second-order valence-electron chi connectivity index (χ2n) is 7.23. The third-order valence-electron chi connectivity index (χ3n) is 5.05. The van der Waals surface area contributed by atoms with Crippen molar-refractivity contribution >= 4 is 40.7 Å². The summed E-state index contributed by atoms with van der Waals surface area (Å²) in [6.45, 7) is 1.84. The molecule has 2 heterocycles. The minimum atomic E-state index is -0.118. The van der Waals surface area contributed by atoms with Gasteiger partial charge in [-0.2, -0.15) is 9.78 Å². The molecule has 6 nitrogen and oxygen atoms in total. The van der Waals surface area contributed by atoms with E-state index < -0.39 is 0 Å². The van der Waals surface area contributed by atoms with E-state index in [9.17, 15) is 4.79 Å². The lowest BCUT2D eigenvalue weighted by atomic mass is 10.2. The summed E-state index contributed by atoms with van der Waals surface area (Å²) in [6, 6.07) is 12.1. The zero-order valence-corrected chi connectivity index (χ0v) is 19.1. The molecule has 0 saturated carbocycles. The molecule has 0 spiro atoms. The van der Waals surface area contributed by atoms with Gasteiger partial charge in [-0.15, -0.1) is 0 Å². The number of amides is 1. The molecule has 1 saturated heterocycles. The Bertz CT molecular complexity index is 1090. The summed E-state index contributed by atoms with van der Waals surface area (Å²) in [6.07, 6.45) is 1.98. The summed E-state index contributed by atoms with van der Waals surface area (Å²) in [5, 5.41) is 9.27. The van der Waals surface area contributed by atoms with Crippen LogP contribution in [0.5, 0.6) is 11.6 Å². The smallest absolute Gasteiger partial charge is 0.274 e. The first kappa shape index (κ1) is 22.0. The molecule has 1 aliphatic heterocycles. The highest BCUT2D eigenvalue weighted by Crippen LogP contribution is 2.35. The Morgan fingerprint density at radius 3 is 2.39 bits per heavy atom. The fraction of sp³-hybridized carbons (Fsp3) is 0.273. The van der Waals surface area contributed by atoms with E-state index >= 15 is 0 Å². The Balaban J connectivity index is 1.87. The summed E-state index contributed by atoms with van der Waals surface area (Å²) < 4.78 is 7.78. The van der Waals surface area contributed by atoms with E-state index in [4.69, 9.17) is 39.5 Å². The maximum absolute atomic E-state index is 13.3. The van der Waals surface area contributed by atoms with Crippen LogP contribution in [0.1, 0.15) is 28.9 Å². The first-order valence-corrected chi connectivity index (χ1v) is 11.1. The molecule has 162 valence electrons. The second-order valence-corrected chi connectivity index (χ2v) is 8.51. The number of likely N-dealkylation sites (tertiary alicyclic amines) is 1. The largest absolute Gasteiger partial charge is 0.439 e. The van der Waals surface area contributed by atoms with Crippen LogP contribution in [0.2, 0.25) is 15.1 Å². The van der Waals surface area contributed by atoms with Crippen LogP contribution in [0, 0.1) is 0 Å². The van der Waals surface area contributed by atoms with E-state index in [1.165, 1.54) is 0 Å². The van der Waals surface area contributed by atoms with Gasteiger partial charge in [0, 0.05) is 29.7 Å². The van der Waals surface area contributed by atoms with Gasteiger partial charge in [-0.25, -0.2) is 0 Å². The van der Waals surface area contributed by atoms with Crippen LogP contribution < -0.4 is 10.1 Å². The lowest BCUT2D eigenvalue weighted by Gasteiger charge is -2.14. The van der Waals surface area contributed by atoms with Crippen molar-refractivity contribution in [1.82, 2.24) is 20.0 Å². The van der Waals surface area contributed by atoms with Gasteiger partial charge in [-0.3, -0.25) is 4.79 Å². The van der Waals surface area contributed by atoms with Crippen molar-refractivity contribution in [2.75, 3.05) is 20.1 Å². The van der Waals surface area contributed by atoms with E-state index in [1.807, 2.05) is 11.9 Å². The first-order valence-electron chi connectivity index (χ1n) is 9.92. The van der Waals surface area contributed by atoms with Crippen molar-refractivity contribution in [3.63, 3.8) is 0 Å². The van der Waals surface area contributed by atoms with Gasteiger partial charge in [0.25, 0.3) is 5.91 Å². The Hall–Kier alpha value is -2.25. The molecule has 0 radical (unpaired) electrons. The van der Waals surface area contributed by atoms with Gasteiger partial charge in [0.1, 0.15) is 5.75 Å². The predicted octanol–water partition coefficient (Wildman–Crippen LogP) is 5.58. The SMILES string of the molecule is CNCc1c(C(=O)N2CCCC2)nn(-c2ccc(Cl)cc2Cl)c1Oc1ccc(Cl)cc1. The van der Waals surface area contributed by atoms with Crippen LogP contribution in [0.15, 0.2) is 42.5 Å². The van der Waals surface area contributed by atoms with Gasteiger partial charge in [0.15, 0.2) is 5.69 Å². The molecule has 4 rings (SSSR count). The van der Waals surface area contributed by atoms with Crippen molar-refractivity contribution in [2.24, 2.45) is 0 Å².